The summed E-state index contributed by atoms with van der Waals surface area (Å²) in [4.78, 5) is 24.4. The van der Waals surface area contributed by atoms with Gasteiger partial charge in [-0.2, -0.15) is 0 Å². The van der Waals surface area contributed by atoms with Crippen molar-refractivity contribution in [2.75, 3.05) is 11.9 Å². The molecule has 6 heteroatoms. The fourth-order valence-corrected chi connectivity index (χ4v) is 1.69. The molecule has 0 aliphatic rings. The molecule has 0 spiro atoms. The highest BCUT2D eigenvalue weighted by atomic mass is 16.1. The van der Waals surface area contributed by atoms with Gasteiger partial charge in [0.1, 0.15) is 0 Å². The lowest BCUT2D eigenvalue weighted by Crippen LogP contribution is -2.23. The van der Waals surface area contributed by atoms with Crippen LogP contribution < -0.4 is 10.6 Å². The maximum absolute atomic E-state index is 12.0. The van der Waals surface area contributed by atoms with Crippen LogP contribution in [-0.4, -0.2) is 27.4 Å². The maximum atomic E-state index is 12.0. The predicted octanol–water partition coefficient (Wildman–Crippen LogP) is 2.01. The van der Waals surface area contributed by atoms with Gasteiger partial charge in [-0.05, 0) is 18.6 Å². The lowest BCUT2D eigenvalue weighted by Gasteiger charge is -2.06. The van der Waals surface area contributed by atoms with Crippen molar-refractivity contribution in [1.29, 1.82) is 0 Å². The largest absolute Gasteiger partial charge is 0.354 e. The highest BCUT2D eigenvalue weighted by Gasteiger charge is 2.07. The Morgan fingerprint density at radius 3 is 2.67 bits per heavy atom. The highest BCUT2D eigenvalue weighted by molar-refractivity contribution is 5.93. The summed E-state index contributed by atoms with van der Waals surface area (Å²) in [6.07, 6.45) is 6.92. The molecule has 2 heterocycles. The first-order valence-corrected chi connectivity index (χ1v) is 7.03. The van der Waals surface area contributed by atoms with Crippen molar-refractivity contribution >= 4 is 11.9 Å². The average Bonchev–Trinajstić information content (AvgIpc) is 2.54. The molecule has 0 saturated carbocycles. The van der Waals surface area contributed by atoms with Crippen LogP contribution in [0, 0.1) is 0 Å². The van der Waals surface area contributed by atoms with Gasteiger partial charge in [0, 0.05) is 25.1 Å². The monoisotopic (exact) mass is 285 g/mol. The number of aromatic nitrogens is 3. The third kappa shape index (κ3) is 4.83. The van der Waals surface area contributed by atoms with E-state index >= 15 is 0 Å². The number of carbonyl (C=O) groups excluding carboxylic acids is 1. The molecular weight excluding hydrogens is 266 g/mol. The molecule has 21 heavy (non-hydrogen) atoms. The van der Waals surface area contributed by atoms with E-state index in [-0.39, 0.29) is 5.91 Å². The highest BCUT2D eigenvalue weighted by Crippen LogP contribution is 2.02. The number of nitrogens with zero attached hydrogens (tertiary/aromatic N) is 3. The summed E-state index contributed by atoms with van der Waals surface area (Å²) in [7, 11) is 0. The Morgan fingerprint density at radius 2 is 2.00 bits per heavy atom. The van der Waals surface area contributed by atoms with E-state index in [1.807, 2.05) is 18.2 Å². The zero-order valence-corrected chi connectivity index (χ0v) is 12.0. The zero-order valence-electron chi connectivity index (χ0n) is 12.0. The Labute approximate surface area is 124 Å². The molecule has 0 aliphatic carbocycles. The SMILES string of the molecule is CCCCNc1ncc(C(=O)NCc2ccccn2)cn1. The van der Waals surface area contributed by atoms with Gasteiger partial charge in [0.25, 0.3) is 5.91 Å². The van der Waals surface area contributed by atoms with Gasteiger partial charge < -0.3 is 10.6 Å². The first-order valence-electron chi connectivity index (χ1n) is 7.03. The molecule has 2 aromatic heterocycles. The van der Waals surface area contributed by atoms with Gasteiger partial charge in [-0.25, -0.2) is 9.97 Å². The Kier molecular flexibility index (Phi) is 5.63. The molecule has 0 atom stereocenters. The van der Waals surface area contributed by atoms with Crippen LogP contribution in [0.5, 0.6) is 0 Å². The molecule has 110 valence electrons. The van der Waals surface area contributed by atoms with Crippen LogP contribution in [0.2, 0.25) is 0 Å². The normalized spacial score (nSPS) is 10.1. The van der Waals surface area contributed by atoms with Gasteiger partial charge in [0.2, 0.25) is 5.95 Å². The van der Waals surface area contributed by atoms with Crippen molar-refractivity contribution in [2.24, 2.45) is 0 Å². The van der Waals surface area contributed by atoms with Crippen LogP contribution in [0.25, 0.3) is 0 Å². The van der Waals surface area contributed by atoms with E-state index in [1.165, 1.54) is 12.4 Å². The van der Waals surface area contributed by atoms with Gasteiger partial charge in [0.15, 0.2) is 0 Å². The van der Waals surface area contributed by atoms with Gasteiger partial charge >= 0.3 is 0 Å². The number of carbonyl (C=O) groups is 1. The Balaban J connectivity index is 1.85. The average molecular weight is 285 g/mol. The van der Waals surface area contributed by atoms with E-state index in [1.54, 1.807) is 6.20 Å². The van der Waals surface area contributed by atoms with Gasteiger partial charge in [-0.3, -0.25) is 9.78 Å². The molecule has 0 aromatic carbocycles. The number of unbranched alkanes of at least 4 members (excludes halogenated alkanes) is 1. The Morgan fingerprint density at radius 1 is 1.19 bits per heavy atom. The van der Waals surface area contributed by atoms with Crippen LogP contribution in [0.3, 0.4) is 0 Å². The predicted molar refractivity (Wildman–Crippen MR) is 80.8 cm³/mol. The fourth-order valence-electron chi connectivity index (χ4n) is 1.69. The van der Waals surface area contributed by atoms with Crippen molar-refractivity contribution in [3.05, 3.63) is 48.0 Å². The minimum atomic E-state index is -0.208. The molecule has 0 bridgehead atoms. The van der Waals surface area contributed by atoms with Crippen LogP contribution >= 0.6 is 0 Å². The minimum Gasteiger partial charge on any atom is -0.354 e. The summed E-state index contributed by atoms with van der Waals surface area (Å²) >= 11 is 0. The lowest BCUT2D eigenvalue weighted by molar-refractivity contribution is 0.0949. The van der Waals surface area contributed by atoms with Gasteiger partial charge in [-0.15, -0.1) is 0 Å². The van der Waals surface area contributed by atoms with Crippen molar-refractivity contribution in [3.8, 4) is 0 Å². The fraction of sp³-hybridized carbons (Fsp3) is 0.333. The number of hydrogen-bond acceptors (Lipinski definition) is 5. The van der Waals surface area contributed by atoms with E-state index in [2.05, 4.69) is 32.5 Å². The van der Waals surface area contributed by atoms with Crippen LogP contribution in [0.4, 0.5) is 5.95 Å². The minimum absolute atomic E-state index is 0.208. The van der Waals surface area contributed by atoms with Crippen molar-refractivity contribution in [1.82, 2.24) is 20.3 Å². The molecule has 2 N–H and O–H groups in total. The van der Waals surface area contributed by atoms with Crippen LogP contribution in [0.15, 0.2) is 36.8 Å². The van der Waals surface area contributed by atoms with Crippen molar-refractivity contribution in [3.63, 3.8) is 0 Å². The molecular formula is C15H19N5O. The quantitative estimate of drug-likeness (QED) is 0.761. The summed E-state index contributed by atoms with van der Waals surface area (Å²) in [5, 5.41) is 5.89. The third-order valence-electron chi connectivity index (χ3n) is 2.88. The number of hydrogen-bond donors (Lipinski definition) is 2. The van der Waals surface area contributed by atoms with Crippen LogP contribution in [0.1, 0.15) is 35.8 Å². The maximum Gasteiger partial charge on any atom is 0.254 e. The molecule has 1 amide bonds. The summed E-state index contributed by atoms with van der Waals surface area (Å²) in [5.74, 6) is 0.338. The molecule has 2 rings (SSSR count). The topological polar surface area (TPSA) is 79.8 Å². The molecule has 0 fully saturated rings. The lowest BCUT2D eigenvalue weighted by atomic mass is 10.3. The van der Waals surface area contributed by atoms with E-state index < -0.39 is 0 Å². The van der Waals surface area contributed by atoms with Gasteiger partial charge in [0.05, 0.1) is 17.8 Å². The smallest absolute Gasteiger partial charge is 0.254 e. The summed E-state index contributed by atoms with van der Waals surface area (Å²) in [6.45, 7) is 3.34. The van der Waals surface area contributed by atoms with Gasteiger partial charge in [-0.1, -0.05) is 19.4 Å². The number of rotatable bonds is 7. The molecule has 0 radical (unpaired) electrons. The number of pyridine rings is 1. The Bertz CT molecular complexity index is 556. The van der Waals surface area contributed by atoms with Crippen molar-refractivity contribution in [2.45, 2.75) is 26.3 Å². The van der Waals surface area contributed by atoms with Crippen molar-refractivity contribution < 1.29 is 4.79 Å². The summed E-state index contributed by atoms with van der Waals surface area (Å²) in [5.41, 5.74) is 1.25. The van der Waals surface area contributed by atoms with E-state index in [0.29, 0.717) is 18.1 Å². The second-order valence-corrected chi connectivity index (χ2v) is 4.58. The second kappa shape index (κ2) is 7.94. The number of nitrogens with one attached hydrogen (secondary N) is 2. The van der Waals surface area contributed by atoms with E-state index in [9.17, 15) is 4.79 Å². The van der Waals surface area contributed by atoms with E-state index in [4.69, 9.17) is 0 Å². The summed E-state index contributed by atoms with van der Waals surface area (Å²) < 4.78 is 0. The summed E-state index contributed by atoms with van der Waals surface area (Å²) in [6, 6.07) is 5.58. The molecule has 6 nitrogen and oxygen atoms in total. The molecule has 0 unspecified atom stereocenters. The van der Waals surface area contributed by atoms with Crippen LogP contribution in [-0.2, 0) is 6.54 Å². The first-order chi connectivity index (χ1) is 10.3. The van der Waals surface area contributed by atoms with E-state index in [0.717, 1.165) is 25.1 Å². The molecule has 0 aliphatic heterocycles. The molecule has 0 saturated heterocycles. The standard InChI is InChI=1S/C15H19N5O/c1-2-3-7-17-15-19-9-12(10-20-15)14(21)18-11-13-6-4-5-8-16-13/h4-6,8-10H,2-3,7,11H2,1H3,(H,18,21)(H,17,19,20). The zero-order chi connectivity index (χ0) is 14.9. The number of amides is 1. The third-order valence-corrected chi connectivity index (χ3v) is 2.88. The number of anilines is 1. The molecule has 2 aromatic rings. The first kappa shape index (κ1) is 14.9. The second-order valence-electron chi connectivity index (χ2n) is 4.58. The Hall–Kier alpha value is -2.50.